The first-order chi connectivity index (χ1) is 11.3. The average Bonchev–Trinajstić information content (AvgIpc) is 2.54. The Hall–Kier alpha value is -3.15. The van der Waals surface area contributed by atoms with E-state index in [2.05, 4.69) is 9.97 Å². The Labute approximate surface area is 140 Å². The Morgan fingerprint density at radius 2 is 2.04 bits per heavy atom. The predicted octanol–water partition coefficient (Wildman–Crippen LogP) is 3.04. The van der Waals surface area contributed by atoms with E-state index >= 15 is 0 Å². The highest BCUT2D eigenvalue weighted by Crippen LogP contribution is 2.28. The molecule has 1 aromatic heterocycles. The van der Waals surface area contributed by atoms with E-state index in [0.717, 1.165) is 11.3 Å². The van der Waals surface area contributed by atoms with Crippen molar-refractivity contribution in [2.75, 3.05) is 5.73 Å². The van der Waals surface area contributed by atoms with Gasteiger partial charge in [-0.2, -0.15) is 0 Å². The van der Waals surface area contributed by atoms with Crippen LogP contribution in [0.1, 0.15) is 35.5 Å². The first kappa shape index (κ1) is 17.2. The number of nitrogens with two attached hydrogens (primary N) is 2. The van der Waals surface area contributed by atoms with E-state index in [9.17, 15) is 9.90 Å². The molecule has 2 rings (SSSR count). The Bertz CT molecular complexity index is 896. The molecule has 1 aromatic carbocycles. The third kappa shape index (κ3) is 3.60. The number of rotatable bonds is 4. The van der Waals surface area contributed by atoms with Crippen molar-refractivity contribution in [3.63, 3.8) is 0 Å². The van der Waals surface area contributed by atoms with Crippen molar-refractivity contribution in [2.24, 2.45) is 5.73 Å². The van der Waals surface area contributed by atoms with Crippen LogP contribution < -0.4 is 11.5 Å². The SMILES string of the molecule is C/C=C(O)/C=C\C(C)=C\c1c(N)c(C(N)=O)cc2nc(C)cnc12. The molecular formula is C18H20N4O2. The van der Waals surface area contributed by atoms with Gasteiger partial charge in [0.25, 0.3) is 5.91 Å². The minimum Gasteiger partial charge on any atom is -0.508 e. The number of fused-ring (bicyclic) bond motifs is 1. The van der Waals surface area contributed by atoms with Crippen LogP contribution in [-0.2, 0) is 0 Å². The molecule has 0 atom stereocenters. The molecule has 24 heavy (non-hydrogen) atoms. The summed E-state index contributed by atoms with van der Waals surface area (Å²) >= 11 is 0. The average molecular weight is 324 g/mol. The smallest absolute Gasteiger partial charge is 0.250 e. The molecule has 0 fully saturated rings. The van der Waals surface area contributed by atoms with Gasteiger partial charge in [-0.15, -0.1) is 0 Å². The highest BCUT2D eigenvalue weighted by molar-refractivity contribution is 6.05. The molecule has 0 spiro atoms. The number of aromatic nitrogens is 2. The molecule has 0 aliphatic carbocycles. The van der Waals surface area contributed by atoms with Gasteiger partial charge in [0, 0.05) is 11.8 Å². The van der Waals surface area contributed by atoms with Gasteiger partial charge in [0.1, 0.15) is 5.76 Å². The maximum atomic E-state index is 11.7. The number of allylic oxidation sites excluding steroid dienone is 4. The Balaban J connectivity index is 2.69. The highest BCUT2D eigenvalue weighted by atomic mass is 16.3. The van der Waals surface area contributed by atoms with Crippen molar-refractivity contribution in [3.8, 4) is 0 Å². The Kier molecular flexibility index (Phi) is 4.99. The summed E-state index contributed by atoms with van der Waals surface area (Å²) in [6.07, 6.45) is 8.31. The first-order valence-electron chi connectivity index (χ1n) is 7.40. The van der Waals surface area contributed by atoms with Gasteiger partial charge < -0.3 is 16.6 Å². The van der Waals surface area contributed by atoms with Crippen LogP contribution in [-0.4, -0.2) is 21.0 Å². The van der Waals surface area contributed by atoms with E-state index in [-0.39, 0.29) is 17.0 Å². The van der Waals surface area contributed by atoms with Gasteiger partial charge in [0.2, 0.25) is 0 Å². The van der Waals surface area contributed by atoms with Crippen LogP contribution in [0.5, 0.6) is 0 Å². The summed E-state index contributed by atoms with van der Waals surface area (Å²) in [5.74, 6) is -0.464. The molecule has 0 unspecified atom stereocenters. The molecule has 6 nitrogen and oxygen atoms in total. The van der Waals surface area contributed by atoms with Crippen LogP contribution in [0.15, 0.2) is 41.8 Å². The zero-order valence-corrected chi connectivity index (χ0v) is 13.9. The minimum absolute atomic E-state index is 0.155. The number of aliphatic hydroxyl groups excluding tert-OH is 1. The van der Waals surface area contributed by atoms with Gasteiger partial charge in [0.05, 0.1) is 28.0 Å². The summed E-state index contributed by atoms with van der Waals surface area (Å²) in [4.78, 5) is 20.4. The fraction of sp³-hybridized carbons (Fsp3) is 0.167. The zero-order valence-electron chi connectivity index (χ0n) is 13.9. The first-order valence-corrected chi connectivity index (χ1v) is 7.40. The lowest BCUT2D eigenvalue weighted by molar-refractivity contribution is 0.100. The van der Waals surface area contributed by atoms with Gasteiger partial charge in [-0.05, 0) is 45.1 Å². The molecule has 2 aromatic rings. The second-order valence-electron chi connectivity index (χ2n) is 5.43. The third-order valence-corrected chi connectivity index (χ3v) is 3.49. The number of primary amides is 1. The fourth-order valence-corrected chi connectivity index (χ4v) is 2.23. The number of hydrogen-bond acceptors (Lipinski definition) is 5. The number of aryl methyl sites for hydroxylation is 1. The molecule has 6 heteroatoms. The summed E-state index contributed by atoms with van der Waals surface area (Å²) in [5, 5.41) is 9.49. The van der Waals surface area contributed by atoms with Gasteiger partial charge in [-0.3, -0.25) is 9.78 Å². The number of anilines is 1. The molecule has 124 valence electrons. The molecular weight excluding hydrogens is 304 g/mol. The molecule has 1 amide bonds. The Morgan fingerprint density at radius 3 is 2.67 bits per heavy atom. The number of hydrogen-bond donors (Lipinski definition) is 3. The number of nitrogens with zero attached hydrogens (tertiary/aromatic N) is 2. The number of aliphatic hydroxyl groups is 1. The molecule has 0 aliphatic rings. The van der Waals surface area contributed by atoms with Crippen LogP contribution in [0.4, 0.5) is 5.69 Å². The van der Waals surface area contributed by atoms with Crippen molar-refractivity contribution in [1.82, 2.24) is 9.97 Å². The molecule has 1 heterocycles. The fourth-order valence-electron chi connectivity index (χ4n) is 2.23. The molecule has 0 bridgehead atoms. The molecule has 0 saturated carbocycles. The molecule has 0 aliphatic heterocycles. The van der Waals surface area contributed by atoms with Crippen LogP contribution in [0, 0.1) is 6.92 Å². The van der Waals surface area contributed by atoms with Crippen LogP contribution in [0.2, 0.25) is 0 Å². The lowest BCUT2D eigenvalue weighted by Crippen LogP contribution is -2.15. The monoisotopic (exact) mass is 324 g/mol. The van der Waals surface area contributed by atoms with E-state index in [1.807, 2.05) is 13.8 Å². The summed E-state index contributed by atoms with van der Waals surface area (Å²) in [7, 11) is 0. The minimum atomic E-state index is -0.618. The molecule has 5 N–H and O–H groups in total. The molecule has 0 saturated heterocycles. The summed E-state index contributed by atoms with van der Waals surface area (Å²) < 4.78 is 0. The van der Waals surface area contributed by atoms with E-state index in [1.54, 1.807) is 43.5 Å². The van der Waals surface area contributed by atoms with Crippen molar-refractivity contribution in [1.29, 1.82) is 0 Å². The maximum absolute atomic E-state index is 11.7. The number of benzene rings is 1. The lowest BCUT2D eigenvalue weighted by Gasteiger charge is -2.10. The van der Waals surface area contributed by atoms with E-state index in [4.69, 9.17) is 11.5 Å². The van der Waals surface area contributed by atoms with Gasteiger partial charge in [0.15, 0.2) is 0 Å². The van der Waals surface area contributed by atoms with E-state index < -0.39 is 5.91 Å². The molecule has 0 radical (unpaired) electrons. The number of carbonyl (C=O) groups excluding carboxylic acids is 1. The summed E-state index contributed by atoms with van der Waals surface area (Å²) in [5.41, 5.74) is 15.3. The highest BCUT2D eigenvalue weighted by Gasteiger charge is 2.15. The van der Waals surface area contributed by atoms with Gasteiger partial charge in [-0.25, -0.2) is 4.98 Å². The van der Waals surface area contributed by atoms with Crippen LogP contribution in [0.25, 0.3) is 17.1 Å². The van der Waals surface area contributed by atoms with Crippen molar-refractivity contribution < 1.29 is 9.90 Å². The normalized spacial score (nSPS) is 13.0. The van der Waals surface area contributed by atoms with Crippen molar-refractivity contribution in [3.05, 3.63) is 58.6 Å². The topological polar surface area (TPSA) is 115 Å². The predicted molar refractivity (Wildman–Crippen MR) is 96.4 cm³/mol. The third-order valence-electron chi connectivity index (χ3n) is 3.49. The van der Waals surface area contributed by atoms with E-state index in [0.29, 0.717) is 16.6 Å². The maximum Gasteiger partial charge on any atom is 0.250 e. The zero-order chi connectivity index (χ0) is 17.9. The Morgan fingerprint density at radius 1 is 1.33 bits per heavy atom. The largest absolute Gasteiger partial charge is 0.508 e. The standard InChI is InChI=1S/C18H20N4O2/c1-4-12(23)6-5-10(2)7-13-16(19)14(18(20)24)8-15-17(13)21-9-11(3)22-15/h4-9,23H,19H2,1-3H3,(H2,20,24)/b6-5-,10-7+,12-4-. The quantitative estimate of drug-likeness (QED) is 0.454. The van der Waals surface area contributed by atoms with Gasteiger partial charge >= 0.3 is 0 Å². The van der Waals surface area contributed by atoms with Crippen molar-refractivity contribution >= 4 is 28.7 Å². The van der Waals surface area contributed by atoms with Crippen LogP contribution >= 0.6 is 0 Å². The number of amides is 1. The van der Waals surface area contributed by atoms with E-state index in [1.165, 1.54) is 0 Å². The van der Waals surface area contributed by atoms with Crippen molar-refractivity contribution in [2.45, 2.75) is 20.8 Å². The van der Waals surface area contributed by atoms with Crippen LogP contribution in [0.3, 0.4) is 0 Å². The lowest BCUT2D eigenvalue weighted by atomic mass is 10.0. The number of carbonyl (C=O) groups is 1. The summed E-state index contributed by atoms with van der Waals surface area (Å²) in [6.45, 7) is 5.40. The second kappa shape index (κ2) is 6.95. The second-order valence-corrected chi connectivity index (χ2v) is 5.43. The number of nitrogen functional groups attached to an aromatic ring is 1. The van der Waals surface area contributed by atoms with Gasteiger partial charge in [-0.1, -0.05) is 11.6 Å². The summed E-state index contributed by atoms with van der Waals surface area (Å²) in [6, 6.07) is 1.56.